The summed E-state index contributed by atoms with van der Waals surface area (Å²) in [6.45, 7) is 10.4. The number of hydrogen-bond donors (Lipinski definition) is 1. The van der Waals surface area contributed by atoms with Gasteiger partial charge in [0.2, 0.25) is 0 Å². The topological polar surface area (TPSA) is 41.6 Å². The van der Waals surface area contributed by atoms with Crippen LogP contribution in [0.4, 0.5) is 4.79 Å². The molecule has 0 radical (unpaired) electrons. The first-order valence-corrected chi connectivity index (χ1v) is 5.06. The minimum Gasteiger partial charge on any atom is -0.356 e. The zero-order valence-corrected chi connectivity index (χ0v) is 9.63. The Morgan fingerprint density at radius 1 is 1.57 bits per heavy atom. The van der Waals surface area contributed by atoms with E-state index < -0.39 is 0 Å². The molecule has 0 aromatic rings. The van der Waals surface area contributed by atoms with E-state index >= 15 is 0 Å². The van der Waals surface area contributed by atoms with Crippen molar-refractivity contribution in [2.45, 2.75) is 52.4 Å². The molecular formula is C10H20N2O2. The Hall–Kier alpha value is -0.770. The number of nitrogens with zero attached hydrogens (tertiary/aromatic N) is 1. The van der Waals surface area contributed by atoms with Crippen molar-refractivity contribution in [1.82, 2.24) is 10.2 Å². The van der Waals surface area contributed by atoms with Gasteiger partial charge in [-0.1, -0.05) is 0 Å². The molecule has 1 saturated heterocycles. The fourth-order valence-electron chi connectivity index (χ4n) is 1.72. The van der Waals surface area contributed by atoms with Crippen molar-refractivity contribution in [2.75, 3.05) is 6.61 Å². The van der Waals surface area contributed by atoms with E-state index in [1.54, 1.807) is 4.90 Å². The zero-order valence-electron chi connectivity index (χ0n) is 9.63. The Morgan fingerprint density at radius 3 is 2.50 bits per heavy atom. The van der Waals surface area contributed by atoms with Gasteiger partial charge < -0.3 is 10.1 Å². The molecule has 1 aliphatic heterocycles. The van der Waals surface area contributed by atoms with E-state index in [0.29, 0.717) is 6.61 Å². The first-order valence-electron chi connectivity index (χ1n) is 5.06. The summed E-state index contributed by atoms with van der Waals surface area (Å²) in [5, 5.41) is 2.88. The van der Waals surface area contributed by atoms with Gasteiger partial charge in [-0.2, -0.15) is 0 Å². The van der Waals surface area contributed by atoms with E-state index in [1.807, 2.05) is 34.6 Å². The van der Waals surface area contributed by atoms with Gasteiger partial charge in [0, 0.05) is 6.04 Å². The van der Waals surface area contributed by atoms with Gasteiger partial charge >= 0.3 is 6.03 Å². The molecule has 2 amide bonds. The molecule has 1 N–H and O–H groups in total. The highest BCUT2D eigenvalue weighted by atomic mass is 16.5. The van der Waals surface area contributed by atoms with Gasteiger partial charge in [0.15, 0.2) is 0 Å². The van der Waals surface area contributed by atoms with E-state index in [9.17, 15) is 4.79 Å². The summed E-state index contributed by atoms with van der Waals surface area (Å²) in [5.74, 6) is 0. The number of urea groups is 1. The minimum absolute atomic E-state index is 0.0463. The molecule has 1 fully saturated rings. The van der Waals surface area contributed by atoms with Crippen LogP contribution in [0.3, 0.4) is 0 Å². The van der Waals surface area contributed by atoms with Gasteiger partial charge in [0.05, 0.1) is 12.1 Å². The molecule has 82 valence electrons. The molecule has 0 spiro atoms. The minimum atomic E-state index is -0.210. The van der Waals surface area contributed by atoms with Gasteiger partial charge in [-0.15, -0.1) is 0 Å². The first kappa shape index (κ1) is 11.3. The van der Waals surface area contributed by atoms with Crippen molar-refractivity contribution in [1.29, 1.82) is 0 Å². The number of rotatable bonds is 1. The van der Waals surface area contributed by atoms with Crippen LogP contribution in [0.1, 0.15) is 34.6 Å². The Labute approximate surface area is 85.6 Å². The number of carbonyl (C=O) groups is 1. The standard InChI is InChI=1S/C10H20N2O2/c1-7(2)11-9(13)12-8(3)14-6-10(12,4)5/h7-8H,6H2,1-5H3,(H,11,13). The third kappa shape index (κ3) is 2.18. The highest BCUT2D eigenvalue weighted by Gasteiger charge is 2.41. The van der Waals surface area contributed by atoms with Crippen molar-refractivity contribution < 1.29 is 9.53 Å². The Bertz CT molecular complexity index is 226. The Balaban J connectivity index is 2.69. The molecule has 1 atom stereocenters. The quantitative estimate of drug-likeness (QED) is 0.698. The van der Waals surface area contributed by atoms with Gasteiger partial charge in [0.25, 0.3) is 0 Å². The molecule has 0 aliphatic carbocycles. The molecule has 0 saturated carbocycles. The number of ether oxygens (including phenoxy) is 1. The van der Waals surface area contributed by atoms with Gasteiger partial charge in [-0.25, -0.2) is 4.79 Å². The molecule has 1 heterocycles. The lowest BCUT2D eigenvalue weighted by Crippen LogP contribution is -2.53. The second-order valence-corrected chi connectivity index (χ2v) is 4.70. The summed E-state index contributed by atoms with van der Waals surface area (Å²) >= 11 is 0. The average molecular weight is 200 g/mol. The number of amides is 2. The number of hydrogen-bond acceptors (Lipinski definition) is 2. The van der Waals surface area contributed by atoms with Crippen LogP contribution in [0.25, 0.3) is 0 Å². The monoisotopic (exact) mass is 200 g/mol. The summed E-state index contributed by atoms with van der Waals surface area (Å²) in [6, 6.07) is 0.112. The maximum Gasteiger partial charge on any atom is 0.320 e. The maximum absolute atomic E-state index is 11.8. The molecule has 1 rings (SSSR count). The summed E-state index contributed by atoms with van der Waals surface area (Å²) in [4.78, 5) is 13.6. The normalized spacial score (nSPS) is 25.6. The molecular weight excluding hydrogens is 180 g/mol. The van der Waals surface area contributed by atoms with Crippen LogP contribution >= 0.6 is 0 Å². The highest BCUT2D eigenvalue weighted by Crippen LogP contribution is 2.26. The average Bonchev–Trinajstić information content (AvgIpc) is 2.24. The van der Waals surface area contributed by atoms with Gasteiger partial charge in [-0.05, 0) is 34.6 Å². The lowest BCUT2D eigenvalue weighted by atomic mass is 10.1. The molecule has 14 heavy (non-hydrogen) atoms. The first-order chi connectivity index (χ1) is 6.34. The lowest BCUT2D eigenvalue weighted by Gasteiger charge is -2.32. The highest BCUT2D eigenvalue weighted by molar-refractivity contribution is 5.75. The Morgan fingerprint density at radius 2 is 2.14 bits per heavy atom. The zero-order chi connectivity index (χ0) is 10.9. The van der Waals surface area contributed by atoms with E-state index in [1.165, 1.54) is 0 Å². The van der Waals surface area contributed by atoms with Crippen LogP contribution in [0.2, 0.25) is 0 Å². The third-order valence-electron chi connectivity index (χ3n) is 2.32. The number of nitrogens with one attached hydrogen (secondary N) is 1. The van der Waals surface area contributed by atoms with Crippen molar-refractivity contribution in [3.8, 4) is 0 Å². The fourth-order valence-corrected chi connectivity index (χ4v) is 1.72. The van der Waals surface area contributed by atoms with Crippen molar-refractivity contribution in [3.63, 3.8) is 0 Å². The molecule has 0 aromatic carbocycles. The predicted octanol–water partition coefficient (Wildman–Crippen LogP) is 1.56. The van der Waals surface area contributed by atoms with Crippen LogP contribution in [-0.2, 0) is 4.74 Å². The number of carbonyl (C=O) groups excluding carboxylic acids is 1. The summed E-state index contributed by atoms with van der Waals surface area (Å²) in [6.07, 6.45) is -0.135. The maximum atomic E-state index is 11.8. The van der Waals surface area contributed by atoms with E-state index in [4.69, 9.17) is 4.74 Å². The van der Waals surface area contributed by atoms with E-state index in [-0.39, 0.29) is 23.8 Å². The fraction of sp³-hybridized carbons (Fsp3) is 0.900. The van der Waals surface area contributed by atoms with Crippen LogP contribution < -0.4 is 5.32 Å². The molecule has 0 bridgehead atoms. The second-order valence-electron chi connectivity index (χ2n) is 4.70. The largest absolute Gasteiger partial charge is 0.356 e. The predicted molar refractivity (Wildman–Crippen MR) is 55.0 cm³/mol. The van der Waals surface area contributed by atoms with Gasteiger partial charge in [0.1, 0.15) is 6.23 Å². The third-order valence-corrected chi connectivity index (χ3v) is 2.32. The second kappa shape index (κ2) is 3.77. The van der Waals surface area contributed by atoms with Crippen molar-refractivity contribution in [3.05, 3.63) is 0 Å². The lowest BCUT2D eigenvalue weighted by molar-refractivity contribution is 0.0604. The Kier molecular flexibility index (Phi) is 3.04. The van der Waals surface area contributed by atoms with Crippen LogP contribution in [0.15, 0.2) is 0 Å². The van der Waals surface area contributed by atoms with Crippen LogP contribution in [0.5, 0.6) is 0 Å². The molecule has 1 aliphatic rings. The SMILES string of the molecule is CC(C)NC(=O)N1C(C)OCC1(C)C. The van der Waals surface area contributed by atoms with E-state index in [0.717, 1.165) is 0 Å². The van der Waals surface area contributed by atoms with E-state index in [2.05, 4.69) is 5.32 Å². The molecule has 4 nitrogen and oxygen atoms in total. The van der Waals surface area contributed by atoms with Crippen LogP contribution in [-0.4, -0.2) is 35.3 Å². The smallest absolute Gasteiger partial charge is 0.320 e. The van der Waals surface area contributed by atoms with Gasteiger partial charge in [-0.3, -0.25) is 4.90 Å². The molecule has 4 heteroatoms. The summed E-state index contributed by atoms with van der Waals surface area (Å²) < 4.78 is 5.45. The van der Waals surface area contributed by atoms with Crippen LogP contribution in [0, 0.1) is 0 Å². The van der Waals surface area contributed by atoms with Crippen molar-refractivity contribution >= 4 is 6.03 Å². The molecule has 1 unspecified atom stereocenters. The molecule has 0 aromatic heterocycles. The van der Waals surface area contributed by atoms with Crippen molar-refractivity contribution in [2.24, 2.45) is 0 Å². The summed E-state index contributed by atoms with van der Waals surface area (Å²) in [5.41, 5.74) is -0.210. The summed E-state index contributed by atoms with van der Waals surface area (Å²) in [7, 11) is 0.